The molecule has 2 aliphatic rings. The van der Waals surface area contributed by atoms with Gasteiger partial charge in [0.25, 0.3) is 11.5 Å². The highest BCUT2D eigenvalue weighted by molar-refractivity contribution is 5.87. The van der Waals surface area contributed by atoms with Gasteiger partial charge in [-0.2, -0.15) is 18.2 Å². The number of aromatic nitrogens is 2. The Morgan fingerprint density at radius 3 is 2.45 bits per heavy atom. The van der Waals surface area contributed by atoms with Crippen LogP contribution in [0.4, 0.5) is 13.2 Å². The fourth-order valence-electron chi connectivity index (χ4n) is 3.83. The molecule has 0 N–H and O–H groups in total. The standard InChI is InChI=1S/C20H19F3N2O4/c21-20(22,23)16-10-17(26)24-19-25(16)18(27)15(29-19)11-28-14-8-6-13(7-9-14)12-4-2-1-3-5-12/h6-10,12,15H,1-5,11H2. The van der Waals surface area contributed by atoms with Crippen molar-refractivity contribution in [3.63, 3.8) is 0 Å². The Hall–Kier alpha value is -2.84. The first-order valence-corrected chi connectivity index (χ1v) is 9.48. The first-order chi connectivity index (χ1) is 13.8. The zero-order valence-electron chi connectivity index (χ0n) is 15.4. The minimum atomic E-state index is -4.89. The predicted octanol–water partition coefficient (Wildman–Crippen LogP) is 3.79. The number of carbonyl (C=O) groups excluding carboxylic acids is 1. The molecular weight excluding hydrogens is 389 g/mol. The molecule has 6 nitrogen and oxygen atoms in total. The smallest absolute Gasteiger partial charge is 0.432 e. The molecule has 1 aliphatic heterocycles. The van der Waals surface area contributed by atoms with Crippen molar-refractivity contribution < 1.29 is 27.4 Å². The molecule has 2 heterocycles. The summed E-state index contributed by atoms with van der Waals surface area (Å²) in [7, 11) is 0. The summed E-state index contributed by atoms with van der Waals surface area (Å²) in [4.78, 5) is 27.1. The summed E-state index contributed by atoms with van der Waals surface area (Å²) in [5.41, 5.74) is -1.30. The zero-order chi connectivity index (χ0) is 20.6. The van der Waals surface area contributed by atoms with Crippen molar-refractivity contribution in [2.24, 2.45) is 0 Å². The maximum atomic E-state index is 13.1. The molecule has 2 aromatic rings. The lowest BCUT2D eigenvalue weighted by Gasteiger charge is -2.22. The molecule has 1 unspecified atom stereocenters. The van der Waals surface area contributed by atoms with E-state index in [1.54, 1.807) is 12.1 Å². The van der Waals surface area contributed by atoms with Crippen molar-refractivity contribution in [1.29, 1.82) is 0 Å². The normalized spacial score (nSPS) is 19.7. The third kappa shape index (κ3) is 3.99. The summed E-state index contributed by atoms with van der Waals surface area (Å²) in [6.45, 7) is -0.295. The molecule has 1 aliphatic carbocycles. The monoisotopic (exact) mass is 408 g/mol. The number of hydrogen-bond acceptors (Lipinski definition) is 5. The second kappa shape index (κ2) is 7.53. The Bertz CT molecular complexity index is 963. The van der Waals surface area contributed by atoms with Crippen LogP contribution in [0.15, 0.2) is 35.1 Å². The summed E-state index contributed by atoms with van der Waals surface area (Å²) in [5, 5.41) is 0. The van der Waals surface area contributed by atoms with Crippen LogP contribution in [0.2, 0.25) is 0 Å². The minimum absolute atomic E-state index is 0.276. The fourth-order valence-corrected chi connectivity index (χ4v) is 3.83. The Kier molecular flexibility index (Phi) is 5.06. The van der Waals surface area contributed by atoms with Gasteiger partial charge in [0.15, 0.2) is 0 Å². The number of fused-ring (bicyclic) bond motifs is 1. The minimum Gasteiger partial charge on any atom is -0.489 e. The number of nitrogens with zero attached hydrogens (tertiary/aromatic N) is 2. The highest BCUT2D eigenvalue weighted by atomic mass is 19.4. The average Bonchev–Trinajstić information content (AvgIpc) is 3.01. The van der Waals surface area contributed by atoms with E-state index >= 15 is 0 Å². The Labute approximate surface area is 164 Å². The van der Waals surface area contributed by atoms with Gasteiger partial charge < -0.3 is 9.47 Å². The van der Waals surface area contributed by atoms with E-state index in [-0.39, 0.29) is 17.2 Å². The lowest BCUT2D eigenvalue weighted by molar-refractivity contribution is -0.143. The summed E-state index contributed by atoms with van der Waals surface area (Å²) >= 11 is 0. The molecule has 1 aromatic carbocycles. The highest BCUT2D eigenvalue weighted by Gasteiger charge is 2.43. The molecule has 154 valence electrons. The van der Waals surface area contributed by atoms with Crippen molar-refractivity contribution in [1.82, 2.24) is 9.55 Å². The van der Waals surface area contributed by atoms with Crippen LogP contribution in [-0.4, -0.2) is 28.2 Å². The lowest BCUT2D eigenvalue weighted by Crippen LogP contribution is -2.32. The third-order valence-electron chi connectivity index (χ3n) is 5.29. The van der Waals surface area contributed by atoms with E-state index in [2.05, 4.69) is 4.98 Å². The molecule has 0 bridgehead atoms. The van der Waals surface area contributed by atoms with E-state index in [0.717, 1.165) is 12.8 Å². The van der Waals surface area contributed by atoms with Gasteiger partial charge in [-0.3, -0.25) is 9.59 Å². The van der Waals surface area contributed by atoms with Crippen molar-refractivity contribution in [3.8, 4) is 11.8 Å². The van der Waals surface area contributed by atoms with Crippen LogP contribution in [0.25, 0.3) is 0 Å². The van der Waals surface area contributed by atoms with Gasteiger partial charge in [0.2, 0.25) is 6.10 Å². The van der Waals surface area contributed by atoms with Gasteiger partial charge in [-0.05, 0) is 36.5 Å². The first-order valence-electron chi connectivity index (χ1n) is 9.48. The van der Waals surface area contributed by atoms with Crippen molar-refractivity contribution >= 4 is 5.91 Å². The maximum Gasteiger partial charge on any atom is 0.432 e. The number of hydrogen-bond donors (Lipinski definition) is 0. The lowest BCUT2D eigenvalue weighted by atomic mass is 9.84. The second-order valence-corrected chi connectivity index (χ2v) is 7.26. The molecule has 0 spiro atoms. The first kappa shape index (κ1) is 19.5. The molecule has 4 rings (SSSR count). The van der Waals surface area contributed by atoms with Gasteiger partial charge in [0.1, 0.15) is 18.1 Å². The predicted molar refractivity (Wildman–Crippen MR) is 96.3 cm³/mol. The van der Waals surface area contributed by atoms with Crippen LogP contribution in [0.1, 0.15) is 54.1 Å². The molecule has 0 amide bonds. The van der Waals surface area contributed by atoms with Crippen LogP contribution in [0.5, 0.6) is 11.8 Å². The molecule has 0 saturated heterocycles. The molecule has 0 radical (unpaired) electrons. The zero-order valence-corrected chi connectivity index (χ0v) is 15.4. The fraction of sp³-hybridized carbons (Fsp3) is 0.450. The van der Waals surface area contributed by atoms with E-state index < -0.39 is 35.5 Å². The van der Waals surface area contributed by atoms with E-state index in [1.807, 2.05) is 12.1 Å². The van der Waals surface area contributed by atoms with Gasteiger partial charge >= 0.3 is 12.2 Å². The van der Waals surface area contributed by atoms with Crippen LogP contribution >= 0.6 is 0 Å². The van der Waals surface area contributed by atoms with E-state index in [0.29, 0.717) is 11.7 Å². The molecular formula is C20H19F3N2O4. The Morgan fingerprint density at radius 1 is 1.10 bits per heavy atom. The van der Waals surface area contributed by atoms with Gasteiger partial charge in [-0.15, -0.1) is 0 Å². The SMILES string of the molecule is O=C1C(COc2ccc(C3CCCCC3)cc2)Oc2nc(=O)cc(C(F)(F)F)n21. The number of rotatable bonds is 4. The Balaban J connectivity index is 1.44. The number of benzene rings is 1. The van der Waals surface area contributed by atoms with Crippen molar-refractivity contribution in [2.45, 2.75) is 50.3 Å². The molecule has 1 saturated carbocycles. The van der Waals surface area contributed by atoms with Crippen molar-refractivity contribution in [3.05, 3.63) is 51.9 Å². The van der Waals surface area contributed by atoms with Crippen LogP contribution in [0, 0.1) is 0 Å². The van der Waals surface area contributed by atoms with E-state index in [9.17, 15) is 22.8 Å². The summed E-state index contributed by atoms with van der Waals surface area (Å²) in [6, 6.07) is 7.10. The summed E-state index contributed by atoms with van der Waals surface area (Å²) in [5.74, 6) is 0.0469. The van der Waals surface area contributed by atoms with Gasteiger partial charge in [-0.25, -0.2) is 4.57 Å². The quantitative estimate of drug-likeness (QED) is 0.770. The van der Waals surface area contributed by atoms with Gasteiger partial charge in [-0.1, -0.05) is 31.4 Å². The second-order valence-electron chi connectivity index (χ2n) is 7.26. The Morgan fingerprint density at radius 2 is 1.79 bits per heavy atom. The van der Waals surface area contributed by atoms with Crippen LogP contribution in [-0.2, 0) is 6.18 Å². The number of carbonyl (C=O) groups is 1. The van der Waals surface area contributed by atoms with E-state index in [4.69, 9.17) is 9.47 Å². The van der Waals surface area contributed by atoms with Crippen molar-refractivity contribution in [2.75, 3.05) is 6.61 Å². The molecule has 1 fully saturated rings. The number of halogens is 3. The number of ether oxygens (including phenoxy) is 2. The largest absolute Gasteiger partial charge is 0.489 e. The number of alkyl halides is 3. The maximum absolute atomic E-state index is 13.1. The molecule has 9 heteroatoms. The highest BCUT2D eigenvalue weighted by Crippen LogP contribution is 2.34. The summed E-state index contributed by atoms with van der Waals surface area (Å²) in [6.07, 6.45) is -0.161. The van der Waals surface area contributed by atoms with Gasteiger partial charge in [0, 0.05) is 6.07 Å². The topological polar surface area (TPSA) is 70.4 Å². The third-order valence-corrected chi connectivity index (χ3v) is 5.29. The molecule has 29 heavy (non-hydrogen) atoms. The van der Waals surface area contributed by atoms with Crippen LogP contribution < -0.4 is 15.0 Å². The van der Waals surface area contributed by atoms with Crippen LogP contribution in [0.3, 0.4) is 0 Å². The summed E-state index contributed by atoms with van der Waals surface area (Å²) < 4.78 is 50.4. The van der Waals surface area contributed by atoms with E-state index in [1.165, 1.54) is 24.8 Å². The average molecular weight is 408 g/mol. The molecule has 1 aromatic heterocycles. The molecule has 1 atom stereocenters. The van der Waals surface area contributed by atoms with Gasteiger partial charge in [0.05, 0.1) is 0 Å².